The van der Waals surface area contributed by atoms with Crippen LogP contribution in [-0.4, -0.2) is 23.7 Å². The summed E-state index contributed by atoms with van der Waals surface area (Å²) >= 11 is 5.81. The van der Waals surface area contributed by atoms with Crippen LogP contribution in [0.3, 0.4) is 0 Å². The lowest BCUT2D eigenvalue weighted by Gasteiger charge is -2.12. The normalized spacial score (nSPS) is 10.4. The number of unbranched alkanes of at least 4 members (excludes halogenated alkanes) is 3. The molecule has 0 amide bonds. The molecule has 0 spiro atoms. The Morgan fingerprint density at radius 3 is 2.50 bits per heavy atom. The predicted octanol–water partition coefficient (Wildman–Crippen LogP) is 5.22. The SMILES string of the molecule is CCCCCCOc1ccccc1C(=O)Oc1ccc(Cl)cc1C(=O)O. The quantitative estimate of drug-likeness (QED) is 0.369. The van der Waals surface area contributed by atoms with E-state index in [9.17, 15) is 14.7 Å². The van der Waals surface area contributed by atoms with Gasteiger partial charge in [-0.05, 0) is 36.8 Å². The molecule has 0 saturated heterocycles. The maximum absolute atomic E-state index is 12.5. The molecule has 26 heavy (non-hydrogen) atoms. The van der Waals surface area contributed by atoms with Crippen LogP contribution in [-0.2, 0) is 0 Å². The summed E-state index contributed by atoms with van der Waals surface area (Å²) in [4.78, 5) is 23.8. The van der Waals surface area contributed by atoms with Gasteiger partial charge in [0.15, 0.2) is 0 Å². The second kappa shape index (κ2) is 9.82. The van der Waals surface area contributed by atoms with Gasteiger partial charge in [0.25, 0.3) is 0 Å². The standard InChI is InChI=1S/C20H21ClO5/c1-2-3-4-7-12-25-17-9-6-5-8-15(17)20(24)26-18-11-10-14(21)13-16(18)19(22)23/h5-6,8-11,13H,2-4,7,12H2,1H3,(H,22,23). The van der Waals surface area contributed by atoms with Crippen molar-refractivity contribution < 1.29 is 24.2 Å². The van der Waals surface area contributed by atoms with Crippen LogP contribution in [0.1, 0.15) is 53.3 Å². The van der Waals surface area contributed by atoms with Crippen LogP contribution in [0.15, 0.2) is 42.5 Å². The van der Waals surface area contributed by atoms with Crippen LogP contribution in [0.25, 0.3) is 0 Å². The molecule has 0 aliphatic heterocycles. The van der Waals surface area contributed by atoms with Crippen molar-refractivity contribution in [1.29, 1.82) is 0 Å². The van der Waals surface area contributed by atoms with E-state index in [-0.39, 0.29) is 21.9 Å². The van der Waals surface area contributed by atoms with Crippen molar-refractivity contribution in [3.8, 4) is 11.5 Å². The van der Waals surface area contributed by atoms with Crippen LogP contribution in [0, 0.1) is 0 Å². The summed E-state index contributed by atoms with van der Waals surface area (Å²) in [7, 11) is 0. The minimum atomic E-state index is -1.23. The van der Waals surface area contributed by atoms with Gasteiger partial charge in [0.2, 0.25) is 0 Å². The molecule has 0 bridgehead atoms. The van der Waals surface area contributed by atoms with Gasteiger partial charge >= 0.3 is 11.9 Å². The van der Waals surface area contributed by atoms with E-state index in [1.165, 1.54) is 18.2 Å². The summed E-state index contributed by atoms with van der Waals surface area (Å²) in [5, 5.41) is 9.49. The molecule has 0 aliphatic rings. The Balaban J connectivity index is 2.12. The number of benzene rings is 2. The van der Waals surface area contributed by atoms with Crippen molar-refractivity contribution in [3.05, 3.63) is 58.6 Å². The van der Waals surface area contributed by atoms with Crippen molar-refractivity contribution in [2.75, 3.05) is 6.61 Å². The van der Waals surface area contributed by atoms with Crippen LogP contribution < -0.4 is 9.47 Å². The largest absolute Gasteiger partial charge is 0.493 e. The summed E-state index contributed by atoms with van der Waals surface area (Å²) in [5.41, 5.74) is 0.0677. The Kier molecular flexibility index (Phi) is 7.48. The molecule has 0 radical (unpaired) electrons. The molecule has 138 valence electrons. The summed E-state index contributed by atoms with van der Waals surface area (Å²) in [6, 6.07) is 10.8. The first-order valence-corrected chi connectivity index (χ1v) is 8.87. The minimum absolute atomic E-state index is 0.0651. The number of carboxylic acids is 1. The van der Waals surface area contributed by atoms with Crippen molar-refractivity contribution in [2.45, 2.75) is 32.6 Å². The van der Waals surface area contributed by atoms with Gasteiger partial charge in [-0.1, -0.05) is 49.9 Å². The number of carbonyl (C=O) groups excluding carboxylic acids is 1. The van der Waals surface area contributed by atoms with Gasteiger partial charge < -0.3 is 14.6 Å². The number of aromatic carboxylic acids is 1. The second-order valence-electron chi connectivity index (χ2n) is 5.74. The zero-order chi connectivity index (χ0) is 18.9. The number of halogens is 1. The number of rotatable bonds is 9. The lowest BCUT2D eigenvalue weighted by molar-refractivity contribution is 0.0680. The topological polar surface area (TPSA) is 72.8 Å². The number of carboxylic acid groups (broad SMARTS) is 1. The van der Waals surface area contributed by atoms with Crippen LogP contribution in [0.4, 0.5) is 0 Å². The third-order valence-corrected chi connectivity index (χ3v) is 3.97. The maximum atomic E-state index is 12.5. The van der Waals surface area contributed by atoms with Crippen LogP contribution in [0.2, 0.25) is 5.02 Å². The fourth-order valence-electron chi connectivity index (χ4n) is 2.39. The molecule has 2 aromatic rings. The highest BCUT2D eigenvalue weighted by atomic mass is 35.5. The summed E-state index contributed by atoms with van der Waals surface area (Å²) in [6.07, 6.45) is 4.24. The Labute approximate surface area is 157 Å². The molecule has 1 N–H and O–H groups in total. The van der Waals surface area contributed by atoms with Gasteiger partial charge in [-0.3, -0.25) is 0 Å². The zero-order valence-corrected chi connectivity index (χ0v) is 15.3. The highest BCUT2D eigenvalue weighted by Crippen LogP contribution is 2.26. The second-order valence-corrected chi connectivity index (χ2v) is 6.18. The molecule has 0 heterocycles. The van der Waals surface area contributed by atoms with Gasteiger partial charge in [-0.25, -0.2) is 9.59 Å². The highest BCUT2D eigenvalue weighted by Gasteiger charge is 2.19. The first kappa shape index (κ1) is 19.8. The van der Waals surface area contributed by atoms with Crippen molar-refractivity contribution >= 4 is 23.5 Å². The Morgan fingerprint density at radius 1 is 1.00 bits per heavy atom. The van der Waals surface area contributed by atoms with E-state index < -0.39 is 11.9 Å². The molecule has 0 atom stereocenters. The Morgan fingerprint density at radius 2 is 1.77 bits per heavy atom. The molecule has 0 aliphatic carbocycles. The van der Waals surface area contributed by atoms with Crippen molar-refractivity contribution in [1.82, 2.24) is 0 Å². The molecule has 2 rings (SSSR count). The van der Waals surface area contributed by atoms with E-state index in [4.69, 9.17) is 21.1 Å². The van der Waals surface area contributed by atoms with E-state index in [0.29, 0.717) is 12.4 Å². The average molecular weight is 377 g/mol. The zero-order valence-electron chi connectivity index (χ0n) is 14.5. The first-order valence-electron chi connectivity index (χ1n) is 8.49. The monoisotopic (exact) mass is 376 g/mol. The van der Waals surface area contributed by atoms with E-state index in [1.54, 1.807) is 24.3 Å². The molecule has 0 aromatic heterocycles. The summed E-state index contributed by atoms with van der Waals surface area (Å²) in [5.74, 6) is -1.56. The van der Waals surface area contributed by atoms with Gasteiger partial charge in [0.05, 0.1) is 6.61 Å². The fraction of sp³-hybridized carbons (Fsp3) is 0.300. The summed E-state index contributed by atoms with van der Waals surface area (Å²) in [6.45, 7) is 2.64. The smallest absolute Gasteiger partial charge is 0.347 e. The molecule has 0 unspecified atom stereocenters. The third kappa shape index (κ3) is 5.49. The fourth-order valence-corrected chi connectivity index (χ4v) is 2.56. The number of para-hydroxylation sites is 1. The number of esters is 1. The first-order chi connectivity index (χ1) is 12.5. The van der Waals surface area contributed by atoms with Gasteiger partial charge in [-0.2, -0.15) is 0 Å². The number of hydrogen-bond donors (Lipinski definition) is 1. The Hall–Kier alpha value is -2.53. The molecular weight excluding hydrogens is 356 g/mol. The van der Waals surface area contributed by atoms with E-state index >= 15 is 0 Å². The van der Waals surface area contributed by atoms with Crippen molar-refractivity contribution in [3.63, 3.8) is 0 Å². The van der Waals surface area contributed by atoms with E-state index in [0.717, 1.165) is 25.7 Å². The molecule has 0 fully saturated rings. The van der Waals surface area contributed by atoms with Crippen LogP contribution in [0.5, 0.6) is 11.5 Å². The highest BCUT2D eigenvalue weighted by molar-refractivity contribution is 6.31. The lowest BCUT2D eigenvalue weighted by atomic mass is 10.2. The van der Waals surface area contributed by atoms with Crippen LogP contribution >= 0.6 is 11.6 Å². The third-order valence-electron chi connectivity index (χ3n) is 3.74. The van der Waals surface area contributed by atoms with E-state index in [2.05, 4.69) is 6.92 Å². The average Bonchev–Trinajstić information content (AvgIpc) is 2.63. The van der Waals surface area contributed by atoms with E-state index in [1.807, 2.05) is 0 Å². The molecule has 5 nitrogen and oxygen atoms in total. The number of carbonyl (C=O) groups is 2. The number of hydrogen-bond acceptors (Lipinski definition) is 4. The molecule has 0 saturated carbocycles. The number of ether oxygens (including phenoxy) is 2. The minimum Gasteiger partial charge on any atom is -0.493 e. The molecular formula is C20H21ClO5. The lowest BCUT2D eigenvalue weighted by Crippen LogP contribution is -2.13. The van der Waals surface area contributed by atoms with Gasteiger partial charge in [0, 0.05) is 5.02 Å². The van der Waals surface area contributed by atoms with Crippen molar-refractivity contribution in [2.24, 2.45) is 0 Å². The Bertz CT molecular complexity index is 773. The molecule has 2 aromatic carbocycles. The van der Waals surface area contributed by atoms with Gasteiger partial charge in [-0.15, -0.1) is 0 Å². The predicted molar refractivity (Wildman–Crippen MR) is 99.4 cm³/mol. The maximum Gasteiger partial charge on any atom is 0.347 e. The van der Waals surface area contributed by atoms with Gasteiger partial charge in [0.1, 0.15) is 22.6 Å². The summed E-state index contributed by atoms with van der Waals surface area (Å²) < 4.78 is 11.0. The molecule has 6 heteroatoms.